The summed E-state index contributed by atoms with van der Waals surface area (Å²) < 4.78 is 5.20. The maximum Gasteiger partial charge on any atom is 0.311 e. The smallest absolute Gasteiger partial charge is 0.311 e. The van der Waals surface area contributed by atoms with Crippen molar-refractivity contribution in [1.82, 2.24) is 5.48 Å². The molecule has 0 spiro atoms. The van der Waals surface area contributed by atoms with Crippen molar-refractivity contribution in [1.29, 1.82) is 0 Å². The van der Waals surface area contributed by atoms with E-state index in [1.165, 1.54) is 0 Å². The molecule has 1 amide bonds. The lowest BCUT2D eigenvalue weighted by Crippen LogP contribution is -2.17. The van der Waals surface area contributed by atoms with Gasteiger partial charge in [0, 0.05) is 12.8 Å². The number of benzene rings is 1. The Balaban J connectivity index is 2.08. The lowest BCUT2D eigenvalue weighted by atomic mass is 10.1. The van der Waals surface area contributed by atoms with Gasteiger partial charge in [0.1, 0.15) is 5.75 Å². The fourth-order valence-corrected chi connectivity index (χ4v) is 1.75. The van der Waals surface area contributed by atoms with Gasteiger partial charge >= 0.3 is 5.97 Å². The number of hydroxylamine groups is 1. The average Bonchev–Trinajstić information content (AvgIpc) is 2.44. The second kappa shape index (κ2) is 9.09. The maximum atomic E-state index is 11.6. The number of hydrogen-bond donors (Lipinski definition) is 2. The fourth-order valence-electron chi connectivity index (χ4n) is 1.75. The van der Waals surface area contributed by atoms with Gasteiger partial charge in [-0.1, -0.05) is 30.5 Å². The van der Waals surface area contributed by atoms with Crippen LogP contribution in [0.2, 0.25) is 0 Å². The molecule has 5 heteroatoms. The van der Waals surface area contributed by atoms with E-state index in [0.717, 1.165) is 24.8 Å². The highest BCUT2D eigenvalue weighted by Gasteiger charge is 2.05. The molecule has 1 aromatic carbocycles. The summed E-state index contributed by atoms with van der Waals surface area (Å²) in [4.78, 5) is 22.3. The third-order valence-electron chi connectivity index (χ3n) is 2.91. The molecule has 1 aromatic rings. The van der Waals surface area contributed by atoms with Crippen molar-refractivity contribution in [3.8, 4) is 5.75 Å². The third-order valence-corrected chi connectivity index (χ3v) is 2.91. The average molecular weight is 279 g/mol. The summed E-state index contributed by atoms with van der Waals surface area (Å²) in [6, 6.07) is 7.35. The molecule has 0 aliphatic heterocycles. The summed E-state index contributed by atoms with van der Waals surface area (Å²) in [6.07, 6.45) is 3.85. The molecular formula is C15H21NO4. The number of aryl methyl sites for hydroxylation is 1. The quantitative estimate of drug-likeness (QED) is 0.252. The SMILES string of the molecule is Cc1ccc(OC(=O)CCCCCCC(=O)NO)cc1. The van der Waals surface area contributed by atoms with E-state index in [2.05, 4.69) is 0 Å². The number of unbranched alkanes of at least 4 members (excludes halogenated alkanes) is 3. The highest BCUT2D eigenvalue weighted by atomic mass is 16.5. The molecule has 2 N–H and O–H groups in total. The van der Waals surface area contributed by atoms with Crippen molar-refractivity contribution in [2.45, 2.75) is 45.4 Å². The van der Waals surface area contributed by atoms with Crippen LogP contribution in [0.5, 0.6) is 5.75 Å². The molecule has 0 heterocycles. The molecule has 110 valence electrons. The normalized spacial score (nSPS) is 10.1. The molecule has 0 aromatic heterocycles. The van der Waals surface area contributed by atoms with Gasteiger partial charge in [-0.05, 0) is 31.9 Å². The van der Waals surface area contributed by atoms with Gasteiger partial charge in [0.15, 0.2) is 0 Å². The van der Waals surface area contributed by atoms with E-state index in [4.69, 9.17) is 9.94 Å². The zero-order valence-corrected chi connectivity index (χ0v) is 11.7. The van der Waals surface area contributed by atoms with Gasteiger partial charge in [0.25, 0.3) is 0 Å². The van der Waals surface area contributed by atoms with Crippen LogP contribution in [-0.2, 0) is 9.59 Å². The molecule has 0 fully saturated rings. The molecule has 1 rings (SSSR count). The van der Waals surface area contributed by atoms with E-state index in [1.54, 1.807) is 17.6 Å². The third kappa shape index (κ3) is 6.89. The number of hydrogen-bond acceptors (Lipinski definition) is 4. The molecular weight excluding hydrogens is 258 g/mol. The fraction of sp³-hybridized carbons (Fsp3) is 0.467. The van der Waals surface area contributed by atoms with Crippen LogP contribution in [0, 0.1) is 6.92 Å². The largest absolute Gasteiger partial charge is 0.427 e. The zero-order valence-electron chi connectivity index (χ0n) is 11.7. The lowest BCUT2D eigenvalue weighted by Gasteiger charge is -2.04. The van der Waals surface area contributed by atoms with E-state index >= 15 is 0 Å². The Kier molecular flexibility index (Phi) is 7.35. The molecule has 0 bridgehead atoms. The van der Waals surface area contributed by atoms with Gasteiger partial charge in [-0.2, -0.15) is 0 Å². The number of ether oxygens (including phenoxy) is 1. The second-order valence-corrected chi connectivity index (χ2v) is 4.74. The first kappa shape index (κ1) is 16.2. The summed E-state index contributed by atoms with van der Waals surface area (Å²) >= 11 is 0. The van der Waals surface area contributed by atoms with Crippen LogP contribution in [0.15, 0.2) is 24.3 Å². The minimum absolute atomic E-state index is 0.234. The zero-order chi connectivity index (χ0) is 14.8. The van der Waals surface area contributed by atoms with Crippen molar-refractivity contribution in [3.05, 3.63) is 29.8 Å². The van der Waals surface area contributed by atoms with Crippen LogP contribution < -0.4 is 10.2 Å². The number of esters is 1. The van der Waals surface area contributed by atoms with Crippen molar-refractivity contribution in [2.24, 2.45) is 0 Å². The number of carbonyl (C=O) groups excluding carboxylic acids is 2. The molecule has 0 saturated carbocycles. The van der Waals surface area contributed by atoms with Crippen LogP contribution in [0.4, 0.5) is 0 Å². The monoisotopic (exact) mass is 279 g/mol. The molecule has 20 heavy (non-hydrogen) atoms. The van der Waals surface area contributed by atoms with Gasteiger partial charge in [-0.3, -0.25) is 14.8 Å². The van der Waals surface area contributed by atoms with Crippen LogP contribution in [0.1, 0.15) is 44.1 Å². The molecule has 0 atom stereocenters. The van der Waals surface area contributed by atoms with Gasteiger partial charge in [-0.25, -0.2) is 5.48 Å². The first-order chi connectivity index (χ1) is 9.61. The Hall–Kier alpha value is -1.88. The minimum Gasteiger partial charge on any atom is -0.427 e. The van der Waals surface area contributed by atoms with E-state index in [-0.39, 0.29) is 11.9 Å². The summed E-state index contributed by atoms with van der Waals surface area (Å²) in [5.74, 6) is -0.0362. The highest BCUT2D eigenvalue weighted by molar-refractivity contribution is 5.74. The molecule has 0 unspecified atom stereocenters. The summed E-state index contributed by atoms with van der Waals surface area (Å²) in [6.45, 7) is 1.97. The Morgan fingerprint density at radius 1 is 1.05 bits per heavy atom. The van der Waals surface area contributed by atoms with Crippen LogP contribution in [0.3, 0.4) is 0 Å². The van der Waals surface area contributed by atoms with Crippen LogP contribution in [0.25, 0.3) is 0 Å². The van der Waals surface area contributed by atoms with Crippen LogP contribution in [-0.4, -0.2) is 17.1 Å². The first-order valence-electron chi connectivity index (χ1n) is 6.82. The number of rotatable bonds is 8. The van der Waals surface area contributed by atoms with E-state index in [0.29, 0.717) is 25.0 Å². The Bertz CT molecular complexity index is 428. The first-order valence-corrected chi connectivity index (χ1v) is 6.82. The van der Waals surface area contributed by atoms with E-state index in [9.17, 15) is 9.59 Å². The number of carbonyl (C=O) groups is 2. The highest BCUT2D eigenvalue weighted by Crippen LogP contribution is 2.13. The molecule has 0 aliphatic carbocycles. The van der Waals surface area contributed by atoms with Gasteiger partial charge in [0.05, 0.1) is 0 Å². The summed E-state index contributed by atoms with van der Waals surface area (Å²) in [5.41, 5.74) is 2.71. The summed E-state index contributed by atoms with van der Waals surface area (Å²) in [5, 5.41) is 8.31. The lowest BCUT2D eigenvalue weighted by molar-refractivity contribution is -0.134. The molecule has 5 nitrogen and oxygen atoms in total. The summed E-state index contributed by atoms with van der Waals surface area (Å²) in [7, 11) is 0. The number of amides is 1. The van der Waals surface area contributed by atoms with E-state index < -0.39 is 0 Å². The van der Waals surface area contributed by atoms with Gasteiger partial charge < -0.3 is 4.74 Å². The van der Waals surface area contributed by atoms with Crippen LogP contribution >= 0.6 is 0 Å². The van der Waals surface area contributed by atoms with Crippen molar-refractivity contribution < 1.29 is 19.5 Å². The van der Waals surface area contributed by atoms with Crippen molar-refractivity contribution in [3.63, 3.8) is 0 Å². The van der Waals surface area contributed by atoms with E-state index in [1.807, 2.05) is 19.1 Å². The molecule has 0 radical (unpaired) electrons. The van der Waals surface area contributed by atoms with Gasteiger partial charge in [-0.15, -0.1) is 0 Å². The Morgan fingerprint density at radius 2 is 1.65 bits per heavy atom. The predicted octanol–water partition coefficient (Wildman–Crippen LogP) is 2.75. The number of nitrogens with one attached hydrogen (secondary N) is 1. The molecule has 0 aliphatic rings. The Labute approximate surface area is 118 Å². The standard InChI is InChI=1S/C15H21NO4/c1-12-8-10-13(11-9-12)20-15(18)7-5-3-2-4-6-14(17)16-19/h8-11,19H,2-7H2,1H3,(H,16,17). The predicted molar refractivity (Wildman–Crippen MR) is 74.4 cm³/mol. The topological polar surface area (TPSA) is 75.6 Å². The molecule has 0 saturated heterocycles. The van der Waals surface area contributed by atoms with Gasteiger partial charge in [0.2, 0.25) is 5.91 Å². The minimum atomic E-state index is -0.371. The van der Waals surface area contributed by atoms with Crippen molar-refractivity contribution >= 4 is 11.9 Å². The Morgan fingerprint density at radius 3 is 2.25 bits per heavy atom. The van der Waals surface area contributed by atoms with Crippen molar-refractivity contribution in [2.75, 3.05) is 0 Å². The second-order valence-electron chi connectivity index (χ2n) is 4.74. The maximum absolute atomic E-state index is 11.6.